The van der Waals surface area contributed by atoms with Gasteiger partial charge in [-0.05, 0) is 30.2 Å². The molecule has 5 rings (SSSR count). The molecule has 2 aromatic heterocycles. The van der Waals surface area contributed by atoms with Gasteiger partial charge in [0.25, 0.3) is 5.91 Å². The number of nitrogen functional groups attached to an aromatic ring is 1. The number of piperidine rings is 1. The largest absolute Gasteiger partial charge is 0.391 e. The van der Waals surface area contributed by atoms with Crippen LogP contribution in [0.15, 0.2) is 46.6 Å². The van der Waals surface area contributed by atoms with Gasteiger partial charge in [-0.15, -0.1) is 0 Å². The first-order chi connectivity index (χ1) is 12.6. The number of nitrogens with zero attached hydrogens (tertiary/aromatic N) is 3. The molecule has 2 bridgehead atoms. The average Bonchev–Trinajstić information content (AvgIpc) is 2.62. The van der Waals surface area contributed by atoms with Gasteiger partial charge in [0, 0.05) is 43.4 Å². The topological polar surface area (TPSA) is 114 Å². The predicted octanol–water partition coefficient (Wildman–Crippen LogP) is 1.30. The Hall–Kier alpha value is -3.16. The SMILES string of the molecule is Nc1ccc(C(=O)N2[C@@H]3CC(=NOCc4cc[nH]c(=O)c4)C[C@H]2C3)cn1. The summed E-state index contributed by atoms with van der Waals surface area (Å²) in [5.41, 5.74) is 7.69. The van der Waals surface area contributed by atoms with Gasteiger partial charge in [0.05, 0.1) is 11.3 Å². The fourth-order valence-corrected chi connectivity index (χ4v) is 3.56. The molecule has 2 aliphatic heterocycles. The lowest BCUT2D eigenvalue weighted by molar-refractivity contribution is 0.0100. The lowest BCUT2D eigenvalue weighted by Crippen LogP contribution is -2.63. The summed E-state index contributed by atoms with van der Waals surface area (Å²) in [6.07, 6.45) is 5.51. The van der Waals surface area contributed by atoms with Crippen LogP contribution in [-0.4, -0.2) is 38.6 Å². The second-order valence-electron chi connectivity index (χ2n) is 6.63. The Morgan fingerprint density at radius 3 is 2.85 bits per heavy atom. The number of hydrogen-bond acceptors (Lipinski definition) is 6. The number of amides is 1. The molecule has 134 valence electrons. The fraction of sp³-hybridized carbons (Fsp3) is 0.333. The summed E-state index contributed by atoms with van der Waals surface area (Å²) in [7, 11) is 0. The molecule has 1 amide bonds. The number of hydrogen-bond donors (Lipinski definition) is 2. The van der Waals surface area contributed by atoms with E-state index in [9.17, 15) is 9.59 Å². The number of aromatic nitrogens is 2. The third-order valence-electron chi connectivity index (χ3n) is 4.81. The molecule has 4 heterocycles. The summed E-state index contributed by atoms with van der Waals surface area (Å²) < 4.78 is 0. The minimum absolute atomic E-state index is 0.0118. The van der Waals surface area contributed by atoms with E-state index in [4.69, 9.17) is 10.6 Å². The van der Waals surface area contributed by atoms with Gasteiger partial charge in [-0.3, -0.25) is 9.59 Å². The fourth-order valence-electron chi connectivity index (χ4n) is 3.56. The van der Waals surface area contributed by atoms with Crippen LogP contribution in [-0.2, 0) is 11.4 Å². The van der Waals surface area contributed by atoms with Crippen molar-refractivity contribution in [3.05, 3.63) is 58.1 Å². The van der Waals surface area contributed by atoms with Gasteiger partial charge in [-0.1, -0.05) is 5.16 Å². The summed E-state index contributed by atoms with van der Waals surface area (Å²) in [5.74, 6) is 0.388. The molecule has 1 aliphatic carbocycles. The van der Waals surface area contributed by atoms with Gasteiger partial charge in [-0.2, -0.15) is 0 Å². The van der Waals surface area contributed by atoms with Crippen molar-refractivity contribution in [2.75, 3.05) is 5.73 Å². The Morgan fingerprint density at radius 2 is 2.15 bits per heavy atom. The number of fused-ring (bicyclic) bond motifs is 2. The molecule has 8 heteroatoms. The molecule has 0 spiro atoms. The second-order valence-corrected chi connectivity index (χ2v) is 6.63. The number of rotatable bonds is 4. The van der Waals surface area contributed by atoms with Crippen LogP contribution in [0.1, 0.15) is 35.2 Å². The lowest BCUT2D eigenvalue weighted by Gasteiger charge is -2.52. The Balaban J connectivity index is 1.35. The van der Waals surface area contributed by atoms with Crippen molar-refractivity contribution < 1.29 is 9.63 Å². The number of nitrogens with two attached hydrogens (primary N) is 1. The zero-order chi connectivity index (χ0) is 18.1. The number of carbonyl (C=O) groups is 1. The molecule has 3 aliphatic rings. The number of aromatic amines is 1. The standard InChI is InChI=1S/C18H19N5O3/c19-16-2-1-12(9-21-16)18(25)23-14-6-13(7-15(23)8-14)22-26-10-11-3-4-20-17(24)5-11/h1-5,9,14-15H,6-8,10H2,(H2,19,21)(H,20,24)/t14-,15+. The van der Waals surface area contributed by atoms with E-state index in [1.807, 2.05) is 4.90 Å². The summed E-state index contributed by atoms with van der Waals surface area (Å²) in [4.78, 5) is 37.7. The van der Waals surface area contributed by atoms with Crippen molar-refractivity contribution in [1.29, 1.82) is 0 Å². The van der Waals surface area contributed by atoms with E-state index in [1.165, 1.54) is 12.3 Å². The van der Waals surface area contributed by atoms with E-state index >= 15 is 0 Å². The van der Waals surface area contributed by atoms with Crippen molar-refractivity contribution >= 4 is 17.4 Å². The average molecular weight is 353 g/mol. The normalized spacial score (nSPS) is 22.8. The molecule has 0 unspecified atom stereocenters. The Morgan fingerprint density at radius 1 is 1.35 bits per heavy atom. The molecule has 3 N–H and O–H groups in total. The molecule has 2 saturated heterocycles. The van der Waals surface area contributed by atoms with Crippen LogP contribution in [0.25, 0.3) is 0 Å². The van der Waals surface area contributed by atoms with E-state index in [0.717, 1.165) is 17.7 Å². The highest BCUT2D eigenvalue weighted by Gasteiger charge is 2.47. The van der Waals surface area contributed by atoms with Crippen molar-refractivity contribution in [3.8, 4) is 0 Å². The first kappa shape index (κ1) is 16.3. The lowest BCUT2D eigenvalue weighted by atomic mass is 9.78. The number of H-pyrrole nitrogens is 1. The number of nitrogens with one attached hydrogen (secondary N) is 1. The summed E-state index contributed by atoms with van der Waals surface area (Å²) >= 11 is 0. The quantitative estimate of drug-likeness (QED) is 0.804. The summed E-state index contributed by atoms with van der Waals surface area (Å²) in [6.45, 7) is 0.252. The molecule has 0 aromatic carbocycles. The van der Waals surface area contributed by atoms with E-state index in [2.05, 4.69) is 15.1 Å². The van der Waals surface area contributed by atoms with E-state index in [1.54, 1.807) is 24.4 Å². The monoisotopic (exact) mass is 353 g/mol. The molecule has 8 nitrogen and oxygen atoms in total. The zero-order valence-electron chi connectivity index (χ0n) is 14.1. The maximum atomic E-state index is 12.6. The number of oxime groups is 1. The third kappa shape index (κ3) is 3.17. The second kappa shape index (κ2) is 6.62. The van der Waals surface area contributed by atoms with Gasteiger partial charge in [0.15, 0.2) is 0 Å². The minimum atomic E-state index is -0.163. The van der Waals surface area contributed by atoms with Crippen LogP contribution in [0.5, 0.6) is 0 Å². The molecule has 2 aromatic rings. The molecular formula is C18H19N5O3. The van der Waals surface area contributed by atoms with Gasteiger partial charge in [-0.25, -0.2) is 4.98 Å². The first-order valence-electron chi connectivity index (χ1n) is 8.49. The molecule has 3 fully saturated rings. The van der Waals surface area contributed by atoms with Crippen molar-refractivity contribution in [3.63, 3.8) is 0 Å². The van der Waals surface area contributed by atoms with Crippen molar-refractivity contribution in [2.45, 2.75) is 38.0 Å². The van der Waals surface area contributed by atoms with Gasteiger partial charge >= 0.3 is 0 Å². The smallest absolute Gasteiger partial charge is 0.255 e. The summed E-state index contributed by atoms with van der Waals surface area (Å²) in [6, 6.07) is 6.92. The molecule has 2 atom stereocenters. The Labute approximate surface area is 149 Å². The minimum Gasteiger partial charge on any atom is -0.391 e. The van der Waals surface area contributed by atoms with Crippen molar-refractivity contribution in [1.82, 2.24) is 14.9 Å². The van der Waals surface area contributed by atoms with E-state index in [-0.39, 0.29) is 30.2 Å². The number of carbonyl (C=O) groups excluding carboxylic acids is 1. The highest BCUT2D eigenvalue weighted by Crippen LogP contribution is 2.38. The van der Waals surface area contributed by atoms with Crippen LogP contribution in [0.4, 0.5) is 5.82 Å². The predicted molar refractivity (Wildman–Crippen MR) is 95.5 cm³/mol. The molecule has 26 heavy (non-hydrogen) atoms. The Kier molecular flexibility index (Phi) is 4.16. The van der Waals surface area contributed by atoms with Gasteiger partial charge in [0.1, 0.15) is 12.4 Å². The molecular weight excluding hydrogens is 334 g/mol. The zero-order valence-corrected chi connectivity index (χ0v) is 14.1. The number of pyridine rings is 2. The van der Waals surface area contributed by atoms with Crippen LogP contribution in [0, 0.1) is 0 Å². The third-order valence-corrected chi connectivity index (χ3v) is 4.81. The highest BCUT2D eigenvalue weighted by atomic mass is 16.6. The van der Waals surface area contributed by atoms with Crippen LogP contribution in [0.3, 0.4) is 0 Å². The van der Waals surface area contributed by atoms with E-state index < -0.39 is 0 Å². The first-order valence-corrected chi connectivity index (χ1v) is 8.49. The Bertz CT molecular complexity index is 892. The number of anilines is 1. The van der Waals surface area contributed by atoms with E-state index in [0.29, 0.717) is 24.2 Å². The molecule has 1 saturated carbocycles. The van der Waals surface area contributed by atoms with Gasteiger partial charge < -0.3 is 20.5 Å². The van der Waals surface area contributed by atoms with Crippen LogP contribution >= 0.6 is 0 Å². The highest BCUT2D eigenvalue weighted by molar-refractivity contribution is 5.97. The van der Waals surface area contributed by atoms with Crippen molar-refractivity contribution in [2.24, 2.45) is 5.16 Å². The van der Waals surface area contributed by atoms with Crippen LogP contribution in [0.2, 0.25) is 0 Å². The maximum absolute atomic E-state index is 12.6. The maximum Gasteiger partial charge on any atom is 0.255 e. The van der Waals surface area contributed by atoms with Gasteiger partial charge in [0.2, 0.25) is 5.56 Å². The summed E-state index contributed by atoms with van der Waals surface area (Å²) in [5, 5.41) is 4.20. The van der Waals surface area contributed by atoms with Crippen LogP contribution < -0.4 is 11.3 Å². The molecule has 0 radical (unpaired) electrons.